The number of carbonyl (C=O) groups excluding carboxylic acids is 2. The molecule has 11 atom stereocenters. The van der Waals surface area contributed by atoms with Crippen molar-refractivity contribution in [2.24, 2.45) is 5.92 Å². The molecule has 0 amide bonds. The summed E-state index contributed by atoms with van der Waals surface area (Å²) in [6.45, 7) is 4.76. The molecule has 1 saturated heterocycles. The molecule has 11 N–H and O–H groups in total. The van der Waals surface area contributed by atoms with Gasteiger partial charge in [0.25, 0.3) is 35.9 Å². The summed E-state index contributed by atoms with van der Waals surface area (Å²) in [4.78, 5) is 113. The van der Waals surface area contributed by atoms with Gasteiger partial charge < -0.3 is 53.4 Å². The number of fused-ring (bicyclic) bond motifs is 2. The molecule has 0 aliphatic carbocycles. The van der Waals surface area contributed by atoms with Gasteiger partial charge in [-0.3, -0.25) is 46.6 Å². The van der Waals surface area contributed by atoms with Gasteiger partial charge in [-0.25, -0.2) is 40.6 Å². The number of H-pyrrole nitrogens is 1. The second-order valence-corrected chi connectivity index (χ2v) is 41.1. The number of ether oxygens (including phenoxy) is 2. The highest BCUT2D eigenvalue weighted by Crippen LogP contribution is 2.75. The first-order valence-corrected chi connectivity index (χ1v) is 48.3. The molecule has 110 heavy (non-hydrogen) atoms. The minimum absolute atomic E-state index is 0.00480. The molecule has 8 unspecified atom stereocenters. The van der Waals surface area contributed by atoms with Crippen molar-refractivity contribution in [2.75, 3.05) is 55.1 Å². The lowest BCUT2D eigenvalue weighted by Crippen LogP contribution is -2.33. The number of nitrogens with zero attached hydrogens (tertiary/aromatic N) is 3. The molecular formula is C54H80N4O41P6S5. The average Bonchev–Trinajstić information content (AvgIpc) is 1.50. The Hall–Kier alpha value is -4.75. The maximum Gasteiger partial charge on any atom is 0.490 e. The van der Waals surface area contributed by atoms with Crippen molar-refractivity contribution in [2.45, 2.75) is 145 Å². The van der Waals surface area contributed by atoms with Gasteiger partial charge in [0.15, 0.2) is 5.71 Å². The number of hydrogen-bond donors (Lipinski definition) is 11. The lowest BCUT2D eigenvalue weighted by Gasteiger charge is -2.30. The largest absolute Gasteiger partial charge is 0.748 e. The molecular weight excluding hydrogens is 1710 g/mol. The number of para-hydroxylation sites is 1. The molecule has 3 aliphatic rings. The van der Waals surface area contributed by atoms with Crippen molar-refractivity contribution in [3.63, 3.8) is 0 Å². The molecule has 1 fully saturated rings. The normalized spacial score (nSPS) is 22.0. The lowest BCUT2D eigenvalue weighted by molar-refractivity contribution is -0.437. The van der Waals surface area contributed by atoms with E-state index in [1.807, 2.05) is 41.6 Å². The van der Waals surface area contributed by atoms with E-state index in [0.717, 1.165) is 28.1 Å². The Balaban J connectivity index is 0.00000528. The number of rotatable bonds is 44. The number of aromatic amines is 1. The van der Waals surface area contributed by atoms with Gasteiger partial charge in [0.1, 0.15) is 24.7 Å². The zero-order valence-electron chi connectivity index (χ0n) is 58.2. The van der Waals surface area contributed by atoms with Gasteiger partial charge in [0, 0.05) is 84.2 Å². The van der Waals surface area contributed by atoms with Crippen LogP contribution in [-0.2, 0) is 139 Å². The number of Topliss-reactive ketones (excluding diaryl/α,β-unsaturated/α-hetero) is 1. The van der Waals surface area contributed by atoms with Gasteiger partial charge in [-0.2, -0.15) is 51.4 Å². The Kier molecular flexibility index (Phi) is 33.8. The minimum Gasteiger partial charge on any atom is -0.748 e. The number of allylic oxidation sites excluding steroid dienone is 4. The molecule has 56 heteroatoms. The maximum absolute atomic E-state index is 13.4. The van der Waals surface area contributed by atoms with Crippen molar-refractivity contribution < 1.29 is 181 Å². The molecule has 1 aromatic heterocycles. The van der Waals surface area contributed by atoms with Gasteiger partial charge in [-0.1, -0.05) is 43.5 Å². The number of aryl methyl sites for hydroxylation is 1. The Morgan fingerprint density at radius 2 is 1.28 bits per heavy atom. The highest BCUT2D eigenvalue weighted by atomic mass is 32.2. The number of ketones is 1. The zero-order valence-corrected chi connectivity index (χ0v) is 67.7. The number of phosphoric ester groups is 2. The van der Waals surface area contributed by atoms with E-state index in [1.165, 1.54) is 19.1 Å². The molecule has 0 bridgehead atoms. The predicted molar refractivity (Wildman–Crippen MR) is 376 cm³/mol. The van der Waals surface area contributed by atoms with Crippen LogP contribution in [0.1, 0.15) is 127 Å². The molecule has 0 spiro atoms. The Morgan fingerprint density at radius 3 is 1.85 bits per heavy atom. The van der Waals surface area contributed by atoms with Crippen LogP contribution in [0.15, 0.2) is 87.1 Å². The number of aromatic nitrogens is 2. The topological polar surface area (TPSA) is 694 Å². The zero-order chi connectivity index (χ0) is 83.2. The number of benzene rings is 2. The third kappa shape index (κ3) is 30.8. The van der Waals surface area contributed by atoms with Crippen LogP contribution in [0.4, 0.5) is 11.4 Å². The van der Waals surface area contributed by atoms with Gasteiger partial charge in [-0.15, -0.1) is 12.6 Å². The first kappa shape index (κ1) is 95.8. The summed E-state index contributed by atoms with van der Waals surface area (Å²) in [5.41, 5.74) is 0.259. The molecule has 3 aromatic rings. The number of hydrogen-bond acceptors (Lipinski definition) is 33. The van der Waals surface area contributed by atoms with Crippen molar-refractivity contribution in [3.8, 4) is 0 Å². The monoisotopic (exact) mass is 1790 g/mol. The van der Waals surface area contributed by atoms with Crippen LogP contribution in [0.2, 0.25) is 0 Å². The van der Waals surface area contributed by atoms with Crippen LogP contribution < -0.4 is 16.1 Å². The molecule has 2 aromatic carbocycles. The molecule has 3 aliphatic heterocycles. The van der Waals surface area contributed by atoms with Crippen molar-refractivity contribution in [1.29, 1.82) is 0 Å². The highest BCUT2D eigenvalue weighted by Gasteiger charge is 2.51. The smallest absolute Gasteiger partial charge is 0.490 e. The number of esters is 1. The van der Waals surface area contributed by atoms with Crippen molar-refractivity contribution in [1.82, 2.24) is 9.55 Å². The molecule has 4 heterocycles. The van der Waals surface area contributed by atoms with Gasteiger partial charge >= 0.3 is 69.2 Å². The lowest BCUT2D eigenvalue weighted by atomic mass is 9.77. The standard InChI is InChI=1S/C54H80N4O38P6S4.O3S/c1-37-34-58(52(63)55-50(37)61)49-33-45(60)46(91-49)35-90-98(66,67)93-100(70,71)95-102(74,75)96-101(72,73)94-99(68,69)92-97(64,65)89-28-13-6-5-12-27-88-51(62)38(36-105(82,83)84)31-39(59)17-8-7-11-24-54(4)42-32-40(106(85,86)87)22-23-44(42)57(26-16-30-104(79,80)81)48(54)21-14-20-47-53(2,3)41-18-9-10-19-43(41)56(47)25-15-29-103(76,77)78;1-4(2)3/h9-10,14,18-23,32,34,38,45-46,49,60H,5-8,11-13,15-17,24-31,33,35-36H2,1-4H3,(H10-,55,61,63,64,65,66,67,68,69,70,71,72,73,74,75,76,77,78,79,80,81,82,83,84,85,86,87);/t38?,45-,46-,49-,54?;/m1./s1. The predicted octanol–water partition coefficient (Wildman–Crippen LogP) is 4.48. The fourth-order valence-electron chi connectivity index (χ4n) is 11.7. The van der Waals surface area contributed by atoms with E-state index < -0.39 is 205 Å². The molecule has 622 valence electrons. The van der Waals surface area contributed by atoms with E-state index in [9.17, 15) is 133 Å². The number of nitrogens with one attached hydrogen (secondary N) is 1. The summed E-state index contributed by atoms with van der Waals surface area (Å²) >= 11 is 0. The summed E-state index contributed by atoms with van der Waals surface area (Å²) < 4.78 is 278. The number of unbranched alkanes of at least 4 members (excludes halogenated alkanes) is 5. The molecule has 6 rings (SSSR count). The molecule has 0 saturated carbocycles. The van der Waals surface area contributed by atoms with Crippen molar-refractivity contribution in [3.05, 3.63) is 110 Å². The number of anilines is 1. The van der Waals surface area contributed by atoms with Crippen molar-refractivity contribution >= 4 is 127 Å². The Morgan fingerprint density at radius 1 is 0.727 bits per heavy atom. The Labute approximate surface area is 630 Å². The van der Waals surface area contributed by atoms with E-state index in [1.54, 1.807) is 36.1 Å². The van der Waals surface area contributed by atoms with E-state index in [4.69, 9.17) is 22.1 Å². The van der Waals surface area contributed by atoms with Gasteiger partial charge in [0.2, 0.25) is 5.69 Å². The van der Waals surface area contributed by atoms with Gasteiger partial charge in [0.05, 0.1) is 63.8 Å². The van der Waals surface area contributed by atoms with Gasteiger partial charge in [-0.05, 0) is 96.1 Å². The number of aliphatic hydroxyl groups excluding tert-OH is 1. The summed E-state index contributed by atoms with van der Waals surface area (Å²) in [5.74, 6) is -6.00. The minimum atomic E-state index is -6.62. The third-order valence-electron chi connectivity index (χ3n) is 16.4. The van der Waals surface area contributed by atoms with Crippen LogP contribution in [-0.4, -0.2) is 193 Å². The summed E-state index contributed by atoms with van der Waals surface area (Å²) in [7, 11) is -59.6. The fourth-order valence-corrected chi connectivity index (χ4v) is 21.8. The van der Waals surface area contributed by atoms with Crippen LogP contribution in [0.25, 0.3) is 0 Å². The summed E-state index contributed by atoms with van der Waals surface area (Å²) in [5, 5.41) is 10.3. The molecule has 45 nitrogen and oxygen atoms in total. The van der Waals surface area contributed by atoms with Crippen LogP contribution in [0.3, 0.4) is 0 Å². The highest BCUT2D eigenvalue weighted by molar-refractivity contribution is 7.86. The number of carbonyl (C=O) groups is 2. The number of phosphoric acid groups is 6. The average molecular weight is 1790 g/mol. The second kappa shape index (κ2) is 38.8. The van der Waals surface area contributed by atoms with E-state index >= 15 is 0 Å². The molecule has 0 radical (unpaired) electrons. The SMILES string of the molecule is Cc1cn([C@H]2C[C@@H](O)[C@@H](COP(=O)(O)OP(=O)(O)OP(=O)(O)OP(=O)(O)OP(=O)(O)OP(=O)(O)OCCCCCCOC(=O)C(CC(=O)CCCCCC3(C)/C(=C\C=C\C4=[N+](CCCS(=O)(=O)[O-])c5ccccc5C4(C)C)N(CCCS(=O)(=O)O)c4ccc(S(=O)(=O)O)cc43)CS(=O)(=O)O)O2)c(=O)[nH]c1=O.O=S(=O)=O. The van der Waals surface area contributed by atoms with Crippen LogP contribution in [0.5, 0.6) is 0 Å². The van der Waals surface area contributed by atoms with Crippen LogP contribution in [0, 0.1) is 12.8 Å². The maximum atomic E-state index is 13.4. The summed E-state index contributed by atoms with van der Waals surface area (Å²) in [6.07, 6.45) is 1.38. The van der Waals surface area contributed by atoms with E-state index in [-0.39, 0.29) is 89.3 Å². The fraction of sp³-hybridized carbons (Fsp3) is 0.574. The van der Waals surface area contributed by atoms with Crippen LogP contribution >= 0.6 is 46.9 Å². The van der Waals surface area contributed by atoms with E-state index in [0.29, 0.717) is 29.1 Å². The number of aliphatic hydroxyl groups is 1. The second-order valence-electron chi connectivity index (χ2n) is 25.3. The Bertz CT molecular complexity index is 5030. The summed E-state index contributed by atoms with van der Waals surface area (Å²) in [6, 6.07) is 11.3. The third-order valence-corrected chi connectivity index (χ3v) is 28.9. The quantitative estimate of drug-likeness (QED) is 0.0122. The first-order chi connectivity index (χ1) is 50.3. The van der Waals surface area contributed by atoms with E-state index in [2.05, 4.69) is 30.6 Å². The first-order valence-electron chi connectivity index (χ1n) is 32.1.